The Bertz CT molecular complexity index is 452. The van der Waals surface area contributed by atoms with Crippen LogP contribution in [-0.4, -0.2) is 22.5 Å². The maximum Gasteiger partial charge on any atom is 0.294 e. The molecule has 17 heavy (non-hydrogen) atoms. The van der Waals surface area contributed by atoms with Gasteiger partial charge in [0.15, 0.2) is 0 Å². The molecule has 1 atom stereocenters. The first-order valence-corrected chi connectivity index (χ1v) is 6.59. The number of anilines is 1. The summed E-state index contributed by atoms with van der Waals surface area (Å²) in [7, 11) is 0. The molecule has 1 aliphatic heterocycles. The summed E-state index contributed by atoms with van der Waals surface area (Å²) in [5.41, 5.74) is 0.0118. The second kappa shape index (κ2) is 5.10. The van der Waals surface area contributed by atoms with E-state index in [1.165, 1.54) is 0 Å². The first-order valence-electron chi connectivity index (χ1n) is 5.05. The van der Waals surface area contributed by atoms with E-state index in [-0.39, 0.29) is 22.4 Å². The highest BCUT2D eigenvalue weighted by Gasteiger charge is 2.22. The van der Waals surface area contributed by atoms with Crippen LogP contribution in [0.3, 0.4) is 0 Å². The Morgan fingerprint density at radius 3 is 2.94 bits per heavy atom. The zero-order chi connectivity index (χ0) is 12.4. The highest BCUT2D eigenvalue weighted by atomic mass is 35.5. The molecule has 1 saturated heterocycles. The average Bonchev–Trinajstić information content (AvgIpc) is 2.75. The van der Waals surface area contributed by atoms with E-state index in [2.05, 4.69) is 5.32 Å². The molecule has 1 N–H and O–H groups in total. The molecule has 0 saturated carbocycles. The highest BCUT2D eigenvalue weighted by molar-refractivity contribution is 7.99. The third-order valence-electron chi connectivity index (χ3n) is 2.52. The Labute approximate surface area is 107 Å². The van der Waals surface area contributed by atoms with Crippen molar-refractivity contribution < 1.29 is 9.31 Å². The number of benzene rings is 1. The molecule has 0 aromatic heterocycles. The maximum atomic E-state index is 13.3. The minimum absolute atomic E-state index is 0.152. The fourth-order valence-corrected chi connectivity index (χ4v) is 2.98. The summed E-state index contributed by atoms with van der Waals surface area (Å²) in [5, 5.41) is 13.6. The molecule has 2 rings (SSSR count). The molecule has 7 heteroatoms. The van der Waals surface area contributed by atoms with Crippen molar-refractivity contribution in [2.24, 2.45) is 0 Å². The lowest BCUT2D eigenvalue weighted by atomic mass is 10.2. The largest absolute Gasteiger partial charge is 0.376 e. The second-order valence-corrected chi connectivity index (χ2v) is 5.30. The fraction of sp³-hybridized carbons (Fsp3) is 0.400. The third-order valence-corrected chi connectivity index (χ3v) is 3.98. The van der Waals surface area contributed by atoms with Crippen molar-refractivity contribution in [1.82, 2.24) is 0 Å². The Morgan fingerprint density at radius 1 is 1.59 bits per heavy atom. The average molecular weight is 277 g/mol. The van der Waals surface area contributed by atoms with Crippen LogP contribution in [0.4, 0.5) is 15.8 Å². The van der Waals surface area contributed by atoms with Gasteiger partial charge < -0.3 is 5.32 Å². The van der Waals surface area contributed by atoms with Crippen molar-refractivity contribution in [3.63, 3.8) is 0 Å². The van der Waals surface area contributed by atoms with Gasteiger partial charge in [-0.1, -0.05) is 11.6 Å². The van der Waals surface area contributed by atoms with Crippen LogP contribution in [-0.2, 0) is 0 Å². The summed E-state index contributed by atoms with van der Waals surface area (Å²) in [6.45, 7) is 0. The summed E-state index contributed by atoms with van der Waals surface area (Å²) in [5.74, 6) is 1.24. The van der Waals surface area contributed by atoms with Crippen molar-refractivity contribution >= 4 is 34.7 Å². The van der Waals surface area contributed by atoms with E-state index in [1.54, 1.807) is 11.8 Å². The number of nitro benzene ring substituents is 1. The first-order chi connectivity index (χ1) is 8.08. The number of rotatable bonds is 3. The van der Waals surface area contributed by atoms with Crippen LogP contribution in [0.5, 0.6) is 0 Å². The molecule has 0 spiro atoms. The Hall–Kier alpha value is -1.01. The SMILES string of the molecule is O=[N+]([O-])c1cc(Cl)c(F)cc1NC1CCSC1. The van der Waals surface area contributed by atoms with E-state index >= 15 is 0 Å². The monoisotopic (exact) mass is 276 g/mol. The molecule has 1 aromatic rings. The van der Waals surface area contributed by atoms with E-state index in [1.807, 2.05) is 0 Å². The number of hydrogen-bond donors (Lipinski definition) is 1. The molecule has 0 bridgehead atoms. The molecular weight excluding hydrogens is 267 g/mol. The molecule has 0 radical (unpaired) electrons. The number of halogens is 2. The van der Waals surface area contributed by atoms with Gasteiger partial charge in [-0.15, -0.1) is 0 Å². The van der Waals surface area contributed by atoms with Crippen LogP contribution in [0.1, 0.15) is 6.42 Å². The van der Waals surface area contributed by atoms with Crippen LogP contribution in [0.25, 0.3) is 0 Å². The van der Waals surface area contributed by atoms with E-state index < -0.39 is 10.7 Å². The predicted octanol–water partition coefficient (Wildman–Crippen LogP) is 3.30. The van der Waals surface area contributed by atoms with Gasteiger partial charge in [-0.2, -0.15) is 11.8 Å². The number of nitro groups is 1. The van der Waals surface area contributed by atoms with Crippen molar-refractivity contribution in [1.29, 1.82) is 0 Å². The summed E-state index contributed by atoms with van der Waals surface area (Å²) in [4.78, 5) is 10.3. The van der Waals surface area contributed by atoms with Gasteiger partial charge in [0.1, 0.15) is 11.5 Å². The molecule has 0 amide bonds. The zero-order valence-electron chi connectivity index (χ0n) is 8.78. The van der Waals surface area contributed by atoms with Crippen LogP contribution < -0.4 is 5.32 Å². The van der Waals surface area contributed by atoms with E-state index in [9.17, 15) is 14.5 Å². The first kappa shape index (κ1) is 12.4. The van der Waals surface area contributed by atoms with Gasteiger partial charge in [-0.05, 0) is 12.2 Å². The molecule has 1 aromatic carbocycles. The molecule has 92 valence electrons. The van der Waals surface area contributed by atoms with Gasteiger partial charge in [0.25, 0.3) is 5.69 Å². The van der Waals surface area contributed by atoms with Gasteiger partial charge in [0.2, 0.25) is 0 Å². The summed E-state index contributed by atoms with van der Waals surface area (Å²) >= 11 is 7.31. The third kappa shape index (κ3) is 2.81. The molecule has 0 aliphatic carbocycles. The van der Waals surface area contributed by atoms with Crippen LogP contribution in [0, 0.1) is 15.9 Å². The predicted molar refractivity (Wildman–Crippen MR) is 67.4 cm³/mol. The van der Waals surface area contributed by atoms with E-state index in [0.29, 0.717) is 0 Å². The molecule has 1 aliphatic rings. The number of nitrogens with zero attached hydrogens (tertiary/aromatic N) is 1. The summed E-state index contributed by atoms with van der Waals surface area (Å²) in [6, 6.07) is 2.28. The lowest BCUT2D eigenvalue weighted by molar-refractivity contribution is -0.384. The number of thioether (sulfide) groups is 1. The van der Waals surface area contributed by atoms with Crippen LogP contribution in [0.15, 0.2) is 12.1 Å². The summed E-state index contributed by atoms with van der Waals surface area (Å²) in [6.07, 6.45) is 0.923. The smallest absolute Gasteiger partial charge is 0.294 e. The van der Waals surface area contributed by atoms with Gasteiger partial charge >= 0.3 is 0 Å². The van der Waals surface area contributed by atoms with Gasteiger partial charge in [0, 0.05) is 23.9 Å². The van der Waals surface area contributed by atoms with Gasteiger partial charge in [-0.25, -0.2) is 4.39 Å². The molecule has 1 fully saturated rings. The topological polar surface area (TPSA) is 55.2 Å². The zero-order valence-corrected chi connectivity index (χ0v) is 10.4. The quantitative estimate of drug-likeness (QED) is 0.680. The molecule has 1 heterocycles. The minimum atomic E-state index is -0.648. The van der Waals surface area contributed by atoms with Crippen molar-refractivity contribution in [2.45, 2.75) is 12.5 Å². The standard InChI is InChI=1S/C10H10ClFN2O2S/c11-7-3-10(14(15)16)9(4-8(7)12)13-6-1-2-17-5-6/h3-4,6,13H,1-2,5H2. The van der Waals surface area contributed by atoms with Crippen LogP contribution >= 0.6 is 23.4 Å². The van der Waals surface area contributed by atoms with Crippen LogP contribution in [0.2, 0.25) is 5.02 Å². The van der Waals surface area contributed by atoms with E-state index in [4.69, 9.17) is 11.6 Å². The molecule has 4 nitrogen and oxygen atoms in total. The Morgan fingerprint density at radius 2 is 2.35 bits per heavy atom. The summed E-state index contributed by atoms with van der Waals surface area (Å²) < 4.78 is 13.3. The lowest BCUT2D eigenvalue weighted by Crippen LogP contribution is -2.19. The maximum absolute atomic E-state index is 13.3. The van der Waals surface area contributed by atoms with Crippen molar-refractivity contribution in [3.05, 3.63) is 33.1 Å². The van der Waals surface area contributed by atoms with E-state index in [0.717, 1.165) is 30.1 Å². The minimum Gasteiger partial charge on any atom is -0.376 e. The lowest BCUT2D eigenvalue weighted by Gasteiger charge is -2.13. The molecule has 1 unspecified atom stereocenters. The Balaban J connectivity index is 2.29. The Kier molecular flexibility index (Phi) is 3.73. The molecular formula is C10H10ClFN2O2S. The van der Waals surface area contributed by atoms with Crippen molar-refractivity contribution in [3.8, 4) is 0 Å². The van der Waals surface area contributed by atoms with Gasteiger partial charge in [-0.3, -0.25) is 10.1 Å². The number of hydrogen-bond acceptors (Lipinski definition) is 4. The highest BCUT2D eigenvalue weighted by Crippen LogP contribution is 2.32. The number of nitrogens with one attached hydrogen (secondary N) is 1. The van der Waals surface area contributed by atoms with Gasteiger partial charge in [0.05, 0.1) is 9.95 Å². The second-order valence-electron chi connectivity index (χ2n) is 3.75. The van der Waals surface area contributed by atoms with Crippen molar-refractivity contribution in [2.75, 3.05) is 16.8 Å². The fourth-order valence-electron chi connectivity index (χ4n) is 1.67. The normalized spacial score (nSPS) is 19.3.